The minimum atomic E-state index is -0.762. The van der Waals surface area contributed by atoms with Crippen LogP contribution in [0, 0.1) is 0 Å². The van der Waals surface area contributed by atoms with E-state index in [1.54, 1.807) is 25.3 Å². The maximum atomic E-state index is 10.4. The van der Waals surface area contributed by atoms with Gasteiger partial charge in [-0.1, -0.05) is 0 Å². The number of hydrogen-bond donors (Lipinski definition) is 3. The Labute approximate surface area is 101 Å². The molecule has 1 fully saturated rings. The van der Waals surface area contributed by atoms with E-state index in [1.165, 1.54) is 0 Å². The second-order valence-electron chi connectivity index (χ2n) is 4.68. The number of nitrogens with one attached hydrogen (secondary N) is 1. The van der Waals surface area contributed by atoms with Crippen molar-refractivity contribution in [1.29, 1.82) is 0 Å². The molecular formula is C13H19NO3. The lowest BCUT2D eigenvalue weighted by atomic mass is 9.87. The lowest BCUT2D eigenvalue weighted by Crippen LogP contribution is -2.47. The number of phenols is 1. The molecule has 0 spiro atoms. The number of aliphatic hydroxyl groups is 1. The molecule has 1 atom stereocenters. The molecule has 2 rings (SSSR count). The molecule has 0 bridgehead atoms. The van der Waals surface area contributed by atoms with Crippen LogP contribution in [-0.2, 0) is 6.42 Å². The average molecular weight is 237 g/mol. The molecule has 17 heavy (non-hydrogen) atoms. The van der Waals surface area contributed by atoms with Crippen molar-refractivity contribution in [3.8, 4) is 11.5 Å². The van der Waals surface area contributed by atoms with Crippen LogP contribution < -0.4 is 10.1 Å². The molecule has 94 valence electrons. The molecule has 0 radical (unpaired) electrons. The summed E-state index contributed by atoms with van der Waals surface area (Å²) in [6.07, 6.45) is 2.17. The molecule has 1 unspecified atom stereocenters. The molecule has 1 aliphatic rings. The Morgan fingerprint density at radius 1 is 1.47 bits per heavy atom. The van der Waals surface area contributed by atoms with Crippen LogP contribution in [0.15, 0.2) is 18.2 Å². The number of phenolic OH excluding ortho intramolecular Hbond substituents is 1. The predicted octanol–water partition coefficient (Wildman–Crippen LogP) is 1.06. The van der Waals surface area contributed by atoms with E-state index in [9.17, 15) is 10.2 Å². The van der Waals surface area contributed by atoms with Crippen molar-refractivity contribution < 1.29 is 14.9 Å². The molecule has 3 N–H and O–H groups in total. The number of ether oxygens (including phenoxy) is 1. The van der Waals surface area contributed by atoms with E-state index in [2.05, 4.69) is 5.32 Å². The van der Waals surface area contributed by atoms with E-state index in [-0.39, 0.29) is 5.75 Å². The molecule has 0 saturated carbocycles. The highest BCUT2D eigenvalue weighted by atomic mass is 16.5. The summed E-state index contributed by atoms with van der Waals surface area (Å²) in [5.74, 6) is 0.912. The van der Waals surface area contributed by atoms with Gasteiger partial charge in [0.1, 0.15) is 11.5 Å². The van der Waals surface area contributed by atoms with Crippen LogP contribution in [0.3, 0.4) is 0 Å². The van der Waals surface area contributed by atoms with Crippen LogP contribution in [-0.4, -0.2) is 36.0 Å². The summed E-state index contributed by atoms with van der Waals surface area (Å²) in [4.78, 5) is 0. The van der Waals surface area contributed by atoms with Gasteiger partial charge in [-0.2, -0.15) is 0 Å². The number of aromatic hydroxyl groups is 1. The van der Waals surface area contributed by atoms with Gasteiger partial charge in [0.2, 0.25) is 0 Å². The lowest BCUT2D eigenvalue weighted by molar-refractivity contribution is 0.0164. The van der Waals surface area contributed by atoms with Gasteiger partial charge in [-0.25, -0.2) is 0 Å². The Morgan fingerprint density at radius 2 is 2.29 bits per heavy atom. The Bertz CT molecular complexity index is 386. The van der Waals surface area contributed by atoms with Gasteiger partial charge in [-0.15, -0.1) is 0 Å². The molecule has 4 heteroatoms. The first-order valence-electron chi connectivity index (χ1n) is 5.92. The van der Waals surface area contributed by atoms with E-state index in [0.717, 1.165) is 24.9 Å². The summed E-state index contributed by atoms with van der Waals surface area (Å²) in [6.45, 7) is 1.52. The smallest absolute Gasteiger partial charge is 0.119 e. The summed E-state index contributed by atoms with van der Waals surface area (Å²) in [7, 11) is 1.59. The number of rotatable bonds is 3. The largest absolute Gasteiger partial charge is 0.508 e. The van der Waals surface area contributed by atoms with Gasteiger partial charge >= 0.3 is 0 Å². The summed E-state index contributed by atoms with van der Waals surface area (Å²) in [5, 5.41) is 23.4. The Kier molecular flexibility index (Phi) is 3.54. The maximum absolute atomic E-state index is 10.4. The second-order valence-corrected chi connectivity index (χ2v) is 4.68. The molecule has 4 nitrogen and oxygen atoms in total. The first-order valence-corrected chi connectivity index (χ1v) is 5.92. The molecule has 1 aromatic carbocycles. The summed E-state index contributed by atoms with van der Waals surface area (Å²) in [5.41, 5.74) is -0.0298. The maximum Gasteiger partial charge on any atom is 0.119 e. The zero-order valence-corrected chi connectivity index (χ0v) is 10.1. The highest BCUT2D eigenvalue weighted by molar-refractivity contribution is 5.40. The zero-order valence-electron chi connectivity index (χ0n) is 10.1. The average Bonchev–Trinajstić information content (AvgIpc) is 2.33. The normalized spacial score (nSPS) is 24.6. The van der Waals surface area contributed by atoms with Gasteiger partial charge < -0.3 is 20.3 Å². The third-order valence-electron chi connectivity index (χ3n) is 3.26. The van der Waals surface area contributed by atoms with Crippen LogP contribution in [0.25, 0.3) is 0 Å². The standard InChI is InChI=1S/C13H19NO3/c1-17-11-3-4-12(15)10(7-11)8-13(16)5-2-6-14-9-13/h3-4,7,14-16H,2,5-6,8-9H2,1H3. The van der Waals surface area contributed by atoms with Crippen molar-refractivity contribution in [2.45, 2.75) is 24.9 Å². The van der Waals surface area contributed by atoms with Gasteiger partial charge in [-0.3, -0.25) is 0 Å². The molecule has 0 aromatic heterocycles. The Hall–Kier alpha value is -1.26. The number of piperidine rings is 1. The molecule has 1 aromatic rings. The number of hydrogen-bond acceptors (Lipinski definition) is 4. The SMILES string of the molecule is COc1ccc(O)c(CC2(O)CCCNC2)c1. The fourth-order valence-electron chi connectivity index (χ4n) is 2.29. The first kappa shape index (κ1) is 12.2. The molecule has 0 aliphatic carbocycles. The minimum Gasteiger partial charge on any atom is -0.508 e. The van der Waals surface area contributed by atoms with Crippen molar-refractivity contribution in [2.75, 3.05) is 20.2 Å². The molecule has 1 saturated heterocycles. The van der Waals surface area contributed by atoms with Crippen LogP contribution in [0.5, 0.6) is 11.5 Å². The fourth-order valence-corrected chi connectivity index (χ4v) is 2.29. The van der Waals surface area contributed by atoms with E-state index in [0.29, 0.717) is 18.7 Å². The van der Waals surface area contributed by atoms with E-state index >= 15 is 0 Å². The van der Waals surface area contributed by atoms with E-state index < -0.39 is 5.60 Å². The van der Waals surface area contributed by atoms with Gasteiger partial charge in [0.25, 0.3) is 0 Å². The predicted molar refractivity (Wildman–Crippen MR) is 65.4 cm³/mol. The van der Waals surface area contributed by atoms with Crippen molar-refractivity contribution in [2.24, 2.45) is 0 Å². The third kappa shape index (κ3) is 2.90. The van der Waals surface area contributed by atoms with Crippen molar-refractivity contribution in [3.63, 3.8) is 0 Å². The Morgan fingerprint density at radius 3 is 2.94 bits per heavy atom. The molecule has 1 aliphatic heterocycles. The molecule has 1 heterocycles. The van der Waals surface area contributed by atoms with Crippen LogP contribution in [0.1, 0.15) is 18.4 Å². The topological polar surface area (TPSA) is 61.7 Å². The summed E-state index contributed by atoms with van der Waals surface area (Å²) < 4.78 is 5.12. The van der Waals surface area contributed by atoms with E-state index in [1.807, 2.05) is 0 Å². The highest BCUT2D eigenvalue weighted by Gasteiger charge is 2.30. The molecular weight excluding hydrogens is 218 g/mol. The monoisotopic (exact) mass is 237 g/mol. The fraction of sp³-hybridized carbons (Fsp3) is 0.538. The van der Waals surface area contributed by atoms with E-state index in [4.69, 9.17) is 4.74 Å². The lowest BCUT2D eigenvalue weighted by Gasteiger charge is -2.33. The van der Waals surface area contributed by atoms with Crippen LogP contribution in [0.4, 0.5) is 0 Å². The third-order valence-corrected chi connectivity index (χ3v) is 3.26. The Balaban J connectivity index is 2.16. The quantitative estimate of drug-likeness (QED) is 0.735. The van der Waals surface area contributed by atoms with Crippen molar-refractivity contribution in [1.82, 2.24) is 5.32 Å². The van der Waals surface area contributed by atoms with Gasteiger partial charge in [0, 0.05) is 18.5 Å². The number of β-amino-alcohol motifs (C(OH)–C–C–N with tert-alkyl or cyclic N) is 1. The summed E-state index contributed by atoms with van der Waals surface area (Å²) >= 11 is 0. The summed E-state index contributed by atoms with van der Waals surface area (Å²) in [6, 6.07) is 5.09. The van der Waals surface area contributed by atoms with Crippen LogP contribution in [0.2, 0.25) is 0 Å². The number of benzene rings is 1. The van der Waals surface area contributed by atoms with Gasteiger partial charge in [-0.05, 0) is 37.6 Å². The van der Waals surface area contributed by atoms with Gasteiger partial charge in [0.15, 0.2) is 0 Å². The minimum absolute atomic E-state index is 0.213. The van der Waals surface area contributed by atoms with Crippen molar-refractivity contribution >= 4 is 0 Å². The van der Waals surface area contributed by atoms with Crippen LogP contribution >= 0.6 is 0 Å². The number of methoxy groups -OCH3 is 1. The molecule has 0 amide bonds. The van der Waals surface area contributed by atoms with Gasteiger partial charge in [0.05, 0.1) is 12.7 Å². The first-order chi connectivity index (χ1) is 8.13. The van der Waals surface area contributed by atoms with Crippen molar-refractivity contribution in [3.05, 3.63) is 23.8 Å². The highest BCUT2D eigenvalue weighted by Crippen LogP contribution is 2.29. The second kappa shape index (κ2) is 4.94. The zero-order chi connectivity index (χ0) is 12.3.